The summed E-state index contributed by atoms with van der Waals surface area (Å²) in [5, 5.41) is 13.8. The number of aromatic hydroxyl groups is 1. The van der Waals surface area contributed by atoms with Crippen LogP contribution in [-0.2, 0) is 21.1 Å². The number of nitrogens with zero attached hydrogens (tertiary/aromatic N) is 3. The second-order valence-electron chi connectivity index (χ2n) is 11.8. The summed E-state index contributed by atoms with van der Waals surface area (Å²) in [6.07, 6.45) is 1.87. The molecule has 47 heavy (non-hydrogen) atoms. The molecule has 5 aromatic carbocycles. The number of fused-ring (bicyclic) bond motifs is 4. The Labute approximate surface area is 287 Å². The Hall–Kier alpha value is -5.25. The molecule has 0 saturated heterocycles. The van der Waals surface area contributed by atoms with Crippen molar-refractivity contribution in [3.8, 4) is 45.5 Å². The van der Waals surface area contributed by atoms with Crippen molar-refractivity contribution in [3.05, 3.63) is 145 Å². The molecule has 1 N–H and O–H groups in total. The van der Waals surface area contributed by atoms with Gasteiger partial charge in [0.05, 0.1) is 0 Å². The van der Waals surface area contributed by atoms with Crippen molar-refractivity contribution in [2.45, 2.75) is 19.8 Å². The third-order valence-corrected chi connectivity index (χ3v) is 8.52. The van der Waals surface area contributed by atoms with Gasteiger partial charge in [-0.2, -0.15) is 6.07 Å². The van der Waals surface area contributed by atoms with Crippen molar-refractivity contribution in [2.75, 3.05) is 0 Å². The van der Waals surface area contributed by atoms with Gasteiger partial charge >= 0.3 is 0 Å². The minimum Gasteiger partial charge on any atom is -0.506 e. The SMILES string of the molecule is CC(C)c1ccnc(-n2c3[c-]c(Oc4cc(-c5ccccc5)c5cccc(O)c5n4)ccc3c3cc(-c4ccccc4)ccc32)c1.[Pt]. The number of phenolic OH excluding ortho intramolecular Hbond substituents is 1. The van der Waals surface area contributed by atoms with Crippen molar-refractivity contribution >= 4 is 32.7 Å². The Balaban J connectivity index is 0.00000351. The van der Waals surface area contributed by atoms with Gasteiger partial charge in [0, 0.05) is 50.0 Å². The number of pyridine rings is 2. The van der Waals surface area contributed by atoms with Gasteiger partial charge in [-0.3, -0.25) is 0 Å². The van der Waals surface area contributed by atoms with Crippen molar-refractivity contribution in [2.24, 2.45) is 0 Å². The molecule has 0 aliphatic carbocycles. The maximum atomic E-state index is 10.7. The molecule has 8 rings (SSSR count). The first-order valence-electron chi connectivity index (χ1n) is 15.4. The maximum Gasteiger partial charge on any atom is 0.217 e. The van der Waals surface area contributed by atoms with Gasteiger partial charge in [0.15, 0.2) is 0 Å². The van der Waals surface area contributed by atoms with Crippen LogP contribution in [0.2, 0.25) is 0 Å². The summed E-state index contributed by atoms with van der Waals surface area (Å²) in [6.45, 7) is 4.38. The number of rotatable bonds is 6. The number of para-hydroxylation sites is 1. The van der Waals surface area contributed by atoms with Crippen LogP contribution in [0, 0.1) is 6.07 Å². The summed E-state index contributed by atoms with van der Waals surface area (Å²) in [6, 6.07) is 46.2. The van der Waals surface area contributed by atoms with Crippen LogP contribution in [0.4, 0.5) is 0 Å². The van der Waals surface area contributed by atoms with Crippen LogP contribution in [0.3, 0.4) is 0 Å². The molecule has 5 nitrogen and oxygen atoms in total. The third kappa shape index (κ3) is 5.58. The molecule has 0 aliphatic rings. The molecule has 3 heterocycles. The summed E-state index contributed by atoms with van der Waals surface area (Å²) in [5.74, 6) is 2.17. The first-order valence-corrected chi connectivity index (χ1v) is 15.4. The van der Waals surface area contributed by atoms with Gasteiger partial charge in [0.1, 0.15) is 17.1 Å². The quantitative estimate of drug-likeness (QED) is 0.170. The minimum atomic E-state index is 0. The number of phenols is 1. The fraction of sp³-hybridized carbons (Fsp3) is 0.0732. The number of aromatic nitrogens is 3. The second kappa shape index (κ2) is 12.5. The molecule has 0 unspecified atom stereocenters. The van der Waals surface area contributed by atoms with Gasteiger partial charge < -0.3 is 14.4 Å². The van der Waals surface area contributed by atoms with Gasteiger partial charge in [0.2, 0.25) is 5.88 Å². The van der Waals surface area contributed by atoms with Crippen molar-refractivity contribution in [1.29, 1.82) is 0 Å². The molecule has 0 fully saturated rings. The van der Waals surface area contributed by atoms with E-state index in [9.17, 15) is 5.11 Å². The average molecular weight is 792 g/mol. The van der Waals surface area contributed by atoms with Gasteiger partial charge in [-0.05, 0) is 63.4 Å². The second-order valence-corrected chi connectivity index (χ2v) is 11.8. The normalized spacial score (nSPS) is 11.3. The monoisotopic (exact) mass is 791 g/mol. The van der Waals surface area contributed by atoms with E-state index in [4.69, 9.17) is 14.7 Å². The molecule has 0 radical (unpaired) electrons. The van der Waals surface area contributed by atoms with E-state index in [2.05, 4.69) is 85.1 Å². The fourth-order valence-corrected chi connectivity index (χ4v) is 6.18. The molecule has 0 atom stereocenters. The zero-order chi connectivity index (χ0) is 31.2. The molecule has 0 bridgehead atoms. The first-order chi connectivity index (χ1) is 22.5. The Morgan fingerprint density at radius 1 is 0.702 bits per heavy atom. The molecular weight excluding hydrogens is 762 g/mol. The first kappa shape index (κ1) is 30.4. The van der Waals surface area contributed by atoms with Crippen LogP contribution >= 0.6 is 0 Å². The number of ether oxygens (including phenoxy) is 1. The Kier molecular flexibility index (Phi) is 8.09. The van der Waals surface area contributed by atoms with Gasteiger partial charge in [0.25, 0.3) is 0 Å². The predicted molar refractivity (Wildman–Crippen MR) is 186 cm³/mol. The summed E-state index contributed by atoms with van der Waals surface area (Å²) in [5.41, 5.74) is 7.83. The Morgan fingerprint density at radius 2 is 1.47 bits per heavy atom. The van der Waals surface area contributed by atoms with Gasteiger partial charge in [-0.1, -0.05) is 104 Å². The average Bonchev–Trinajstić information content (AvgIpc) is 3.42. The molecule has 6 heteroatoms. The summed E-state index contributed by atoms with van der Waals surface area (Å²) >= 11 is 0. The maximum absolute atomic E-state index is 10.7. The fourth-order valence-electron chi connectivity index (χ4n) is 6.18. The molecule has 8 aromatic rings. The number of hydrogen-bond donors (Lipinski definition) is 1. The molecule has 0 spiro atoms. The van der Waals surface area contributed by atoms with E-state index < -0.39 is 0 Å². The van der Waals surface area contributed by atoms with E-state index in [1.54, 1.807) is 6.07 Å². The summed E-state index contributed by atoms with van der Waals surface area (Å²) < 4.78 is 8.60. The van der Waals surface area contributed by atoms with Crippen molar-refractivity contribution < 1.29 is 30.9 Å². The van der Waals surface area contributed by atoms with E-state index >= 15 is 0 Å². The topological polar surface area (TPSA) is 60.2 Å². The van der Waals surface area contributed by atoms with E-state index in [1.807, 2.05) is 66.9 Å². The molecule has 0 amide bonds. The van der Waals surface area contributed by atoms with Crippen LogP contribution in [0.25, 0.3) is 60.8 Å². The van der Waals surface area contributed by atoms with Crippen LogP contribution in [0.5, 0.6) is 17.4 Å². The Morgan fingerprint density at radius 3 is 2.23 bits per heavy atom. The van der Waals surface area contributed by atoms with Crippen LogP contribution < -0.4 is 4.74 Å². The van der Waals surface area contributed by atoms with Gasteiger partial charge in [-0.15, -0.1) is 17.5 Å². The Bertz CT molecular complexity index is 2390. The van der Waals surface area contributed by atoms with Crippen LogP contribution in [0.15, 0.2) is 134 Å². The molecular formula is C41H30N3O2Pt-. The summed E-state index contributed by atoms with van der Waals surface area (Å²) in [7, 11) is 0. The van der Waals surface area contributed by atoms with E-state index in [-0.39, 0.29) is 26.8 Å². The van der Waals surface area contributed by atoms with Crippen molar-refractivity contribution in [1.82, 2.24) is 14.5 Å². The summed E-state index contributed by atoms with van der Waals surface area (Å²) in [4.78, 5) is 9.53. The van der Waals surface area contributed by atoms with Crippen molar-refractivity contribution in [3.63, 3.8) is 0 Å². The van der Waals surface area contributed by atoms with Crippen LogP contribution in [0.1, 0.15) is 25.3 Å². The molecule has 3 aromatic heterocycles. The zero-order valence-electron chi connectivity index (χ0n) is 25.8. The van der Waals surface area contributed by atoms with Gasteiger partial charge in [-0.25, -0.2) is 9.97 Å². The van der Waals surface area contributed by atoms with E-state index in [0.29, 0.717) is 23.1 Å². The molecule has 0 saturated carbocycles. The number of benzene rings is 5. The molecule has 232 valence electrons. The van der Waals surface area contributed by atoms with E-state index in [0.717, 1.165) is 55.3 Å². The molecule has 0 aliphatic heterocycles. The largest absolute Gasteiger partial charge is 0.506 e. The van der Waals surface area contributed by atoms with E-state index in [1.165, 1.54) is 5.56 Å². The third-order valence-electron chi connectivity index (χ3n) is 8.52. The van der Waals surface area contributed by atoms with Crippen LogP contribution in [-0.4, -0.2) is 19.6 Å². The number of hydrogen-bond acceptors (Lipinski definition) is 4. The predicted octanol–water partition coefficient (Wildman–Crippen LogP) is 10.5. The standard InChI is InChI=1S/C41H30N3O2.Pt/c1-26(2)29-20-21-42-39(23-29)44-36-19-16-30(27-10-5-3-6-11-27)22-35(36)32-18-17-31(24-37(32)44)46-40-25-34(28-12-7-4-8-13-28)33-14-9-15-38(45)41(33)43-40;/h3-23,25-26,45H,1-2H3;/q-1;. The zero-order valence-corrected chi connectivity index (χ0v) is 28.1. The minimum absolute atomic E-state index is 0. The smallest absolute Gasteiger partial charge is 0.217 e.